The van der Waals surface area contributed by atoms with E-state index in [1.54, 1.807) is 27.7 Å². The summed E-state index contributed by atoms with van der Waals surface area (Å²) in [5.74, 6) is -1.52. The molecule has 0 aromatic heterocycles. The topological polar surface area (TPSA) is 98.7 Å². The molecule has 7 heteroatoms. The maximum atomic E-state index is 11.9. The molecule has 0 heterocycles. The van der Waals surface area contributed by atoms with E-state index in [4.69, 9.17) is 5.11 Å². The van der Waals surface area contributed by atoms with E-state index >= 15 is 0 Å². The van der Waals surface area contributed by atoms with E-state index < -0.39 is 29.5 Å². The van der Waals surface area contributed by atoms with E-state index in [0.717, 1.165) is 6.42 Å². The summed E-state index contributed by atoms with van der Waals surface area (Å²) in [4.78, 5) is 35.8. The number of nitrogens with one attached hydrogen (secondary N) is 2. The van der Waals surface area contributed by atoms with Crippen LogP contribution in [0.4, 0.5) is 4.79 Å². The molecule has 1 unspecified atom stereocenters. The van der Waals surface area contributed by atoms with Crippen LogP contribution in [0.25, 0.3) is 0 Å². The lowest BCUT2D eigenvalue weighted by molar-refractivity contribution is -0.139. The SMILES string of the molecule is CCCN(CC(=O)O)C(C)C(=O)NC(=O)NC(C)(C)C. The van der Waals surface area contributed by atoms with Crippen LogP contribution in [0.3, 0.4) is 0 Å². The maximum absolute atomic E-state index is 11.9. The van der Waals surface area contributed by atoms with E-state index in [0.29, 0.717) is 6.54 Å². The van der Waals surface area contributed by atoms with Gasteiger partial charge in [-0.15, -0.1) is 0 Å². The number of carboxylic acid groups (broad SMARTS) is 1. The minimum absolute atomic E-state index is 0.233. The number of amides is 3. The van der Waals surface area contributed by atoms with Gasteiger partial charge in [-0.3, -0.25) is 19.8 Å². The maximum Gasteiger partial charge on any atom is 0.321 e. The average molecular weight is 287 g/mol. The van der Waals surface area contributed by atoms with Crippen LogP contribution in [-0.2, 0) is 9.59 Å². The Morgan fingerprint density at radius 1 is 1.25 bits per heavy atom. The number of carbonyl (C=O) groups excluding carboxylic acids is 2. The fourth-order valence-corrected chi connectivity index (χ4v) is 1.62. The van der Waals surface area contributed by atoms with Gasteiger partial charge in [0.15, 0.2) is 0 Å². The summed E-state index contributed by atoms with van der Waals surface area (Å²) in [5, 5.41) is 13.7. The Bertz CT molecular complexity index is 363. The highest BCUT2D eigenvalue weighted by Gasteiger charge is 2.25. The Kier molecular flexibility index (Phi) is 7.20. The predicted octanol–water partition coefficient (Wildman–Crippen LogP) is 0.796. The smallest absolute Gasteiger partial charge is 0.321 e. The molecule has 20 heavy (non-hydrogen) atoms. The van der Waals surface area contributed by atoms with Gasteiger partial charge < -0.3 is 10.4 Å². The molecule has 0 aromatic rings. The van der Waals surface area contributed by atoms with Gasteiger partial charge in [0.25, 0.3) is 0 Å². The highest BCUT2D eigenvalue weighted by atomic mass is 16.4. The van der Waals surface area contributed by atoms with Gasteiger partial charge >= 0.3 is 12.0 Å². The van der Waals surface area contributed by atoms with Crippen molar-refractivity contribution in [2.75, 3.05) is 13.1 Å². The molecule has 0 aliphatic heterocycles. The van der Waals surface area contributed by atoms with Gasteiger partial charge in [-0.25, -0.2) is 4.79 Å². The first-order chi connectivity index (χ1) is 9.06. The molecule has 0 aromatic carbocycles. The predicted molar refractivity (Wildman–Crippen MR) is 75.4 cm³/mol. The molecule has 7 nitrogen and oxygen atoms in total. The molecule has 0 radical (unpaired) electrons. The quantitative estimate of drug-likeness (QED) is 0.671. The van der Waals surface area contributed by atoms with Crippen LogP contribution in [0.1, 0.15) is 41.0 Å². The molecule has 0 bridgehead atoms. The molecule has 0 spiro atoms. The fraction of sp³-hybridized carbons (Fsp3) is 0.769. The zero-order valence-corrected chi connectivity index (χ0v) is 12.8. The summed E-state index contributed by atoms with van der Waals surface area (Å²) in [7, 11) is 0. The van der Waals surface area contributed by atoms with Crippen LogP contribution in [0.5, 0.6) is 0 Å². The highest BCUT2D eigenvalue weighted by Crippen LogP contribution is 2.02. The van der Waals surface area contributed by atoms with Crippen molar-refractivity contribution in [2.24, 2.45) is 0 Å². The summed E-state index contributed by atoms with van der Waals surface area (Å²) >= 11 is 0. The van der Waals surface area contributed by atoms with Crippen molar-refractivity contribution < 1.29 is 19.5 Å². The van der Waals surface area contributed by atoms with Gasteiger partial charge in [-0.1, -0.05) is 6.92 Å². The van der Waals surface area contributed by atoms with Crippen molar-refractivity contribution in [1.29, 1.82) is 0 Å². The van der Waals surface area contributed by atoms with Gasteiger partial charge in [0.05, 0.1) is 12.6 Å². The molecule has 0 fully saturated rings. The van der Waals surface area contributed by atoms with Gasteiger partial charge in [-0.05, 0) is 40.7 Å². The second kappa shape index (κ2) is 7.84. The largest absolute Gasteiger partial charge is 0.480 e. The summed E-state index contributed by atoms with van der Waals surface area (Å²) in [6.45, 7) is 9.12. The van der Waals surface area contributed by atoms with E-state index in [1.165, 1.54) is 4.90 Å². The number of aliphatic carboxylic acids is 1. The molecule has 0 rings (SSSR count). The summed E-state index contributed by atoms with van der Waals surface area (Å²) in [5.41, 5.74) is -0.447. The van der Waals surface area contributed by atoms with Crippen LogP contribution in [-0.4, -0.2) is 52.6 Å². The number of rotatable bonds is 6. The van der Waals surface area contributed by atoms with Gasteiger partial charge in [0.2, 0.25) is 5.91 Å². The normalized spacial score (nSPS) is 12.9. The van der Waals surface area contributed by atoms with Crippen molar-refractivity contribution in [3.8, 4) is 0 Å². The second-order valence-electron chi connectivity index (χ2n) is 5.73. The summed E-state index contributed by atoms with van der Waals surface area (Å²) in [6.07, 6.45) is 0.721. The van der Waals surface area contributed by atoms with Crippen molar-refractivity contribution in [1.82, 2.24) is 15.5 Å². The third-order valence-corrected chi connectivity index (χ3v) is 2.50. The van der Waals surface area contributed by atoms with Crippen molar-refractivity contribution in [3.63, 3.8) is 0 Å². The van der Waals surface area contributed by atoms with Crippen molar-refractivity contribution in [2.45, 2.75) is 52.6 Å². The number of hydrogen-bond donors (Lipinski definition) is 3. The molecule has 1 atom stereocenters. The molecule has 0 saturated heterocycles. The van der Waals surface area contributed by atoms with Crippen LogP contribution in [0, 0.1) is 0 Å². The average Bonchev–Trinajstić information content (AvgIpc) is 2.23. The molecular formula is C13H25N3O4. The number of carbonyl (C=O) groups is 3. The Labute approximate surface area is 119 Å². The first-order valence-corrected chi connectivity index (χ1v) is 6.65. The Balaban J connectivity index is 4.56. The van der Waals surface area contributed by atoms with E-state index in [2.05, 4.69) is 10.6 Å². The summed E-state index contributed by atoms with van der Waals surface area (Å²) < 4.78 is 0. The molecule has 3 amide bonds. The van der Waals surface area contributed by atoms with E-state index in [1.807, 2.05) is 6.92 Å². The third kappa shape index (κ3) is 7.73. The Morgan fingerprint density at radius 3 is 2.20 bits per heavy atom. The Hall–Kier alpha value is -1.63. The van der Waals surface area contributed by atoms with Gasteiger partial charge in [0, 0.05) is 5.54 Å². The summed E-state index contributed by atoms with van der Waals surface area (Å²) in [6, 6.07) is -1.27. The van der Waals surface area contributed by atoms with Crippen LogP contribution >= 0.6 is 0 Å². The van der Waals surface area contributed by atoms with Gasteiger partial charge in [0.1, 0.15) is 0 Å². The number of hydrogen-bond acceptors (Lipinski definition) is 4. The molecular weight excluding hydrogens is 262 g/mol. The molecule has 3 N–H and O–H groups in total. The fourth-order valence-electron chi connectivity index (χ4n) is 1.62. The standard InChI is InChI=1S/C13H25N3O4/c1-6-7-16(8-10(17)18)9(2)11(19)14-12(20)15-13(3,4)5/h9H,6-8H2,1-5H3,(H,17,18)(H2,14,15,19,20). The zero-order chi connectivity index (χ0) is 15.9. The first-order valence-electron chi connectivity index (χ1n) is 6.65. The number of imide groups is 1. The van der Waals surface area contributed by atoms with Crippen LogP contribution in [0.2, 0.25) is 0 Å². The van der Waals surface area contributed by atoms with Gasteiger partial charge in [-0.2, -0.15) is 0 Å². The first kappa shape index (κ1) is 18.4. The molecule has 0 saturated carbocycles. The van der Waals surface area contributed by atoms with Crippen molar-refractivity contribution in [3.05, 3.63) is 0 Å². The third-order valence-electron chi connectivity index (χ3n) is 2.50. The zero-order valence-electron chi connectivity index (χ0n) is 12.8. The number of nitrogens with zero attached hydrogens (tertiary/aromatic N) is 1. The lowest BCUT2D eigenvalue weighted by Gasteiger charge is -2.26. The Morgan fingerprint density at radius 2 is 1.80 bits per heavy atom. The number of urea groups is 1. The lowest BCUT2D eigenvalue weighted by Crippen LogP contribution is -2.53. The molecule has 116 valence electrons. The highest BCUT2D eigenvalue weighted by molar-refractivity contribution is 5.97. The second-order valence-corrected chi connectivity index (χ2v) is 5.73. The van der Waals surface area contributed by atoms with E-state index in [-0.39, 0.29) is 6.54 Å². The van der Waals surface area contributed by atoms with E-state index in [9.17, 15) is 14.4 Å². The molecule has 0 aliphatic rings. The number of carboxylic acids is 1. The van der Waals surface area contributed by atoms with Crippen molar-refractivity contribution >= 4 is 17.9 Å². The minimum Gasteiger partial charge on any atom is -0.480 e. The molecule has 0 aliphatic carbocycles. The monoisotopic (exact) mass is 287 g/mol. The van der Waals surface area contributed by atoms with Crippen LogP contribution in [0.15, 0.2) is 0 Å². The lowest BCUT2D eigenvalue weighted by atomic mass is 10.1. The van der Waals surface area contributed by atoms with Crippen LogP contribution < -0.4 is 10.6 Å². The minimum atomic E-state index is -1.00.